The lowest BCUT2D eigenvalue weighted by molar-refractivity contribution is 0.222. The molecule has 0 radical (unpaired) electrons. The lowest BCUT2D eigenvalue weighted by Crippen LogP contribution is -2.13. The molecule has 0 bridgehead atoms. The van der Waals surface area contributed by atoms with E-state index in [4.69, 9.17) is 4.74 Å². The number of aromatic nitrogens is 6. The van der Waals surface area contributed by atoms with Gasteiger partial charge < -0.3 is 10.1 Å². The highest BCUT2D eigenvalue weighted by atomic mass is 16.5. The average Bonchev–Trinajstić information content (AvgIpc) is 2.87. The molecule has 8 nitrogen and oxygen atoms in total. The SMILES string of the molecule is CCCn1nncc1-c1nc(NCC)nc(OC(C)C)n1. The molecule has 0 saturated carbocycles. The molecule has 1 N–H and O–H groups in total. The second-order valence-corrected chi connectivity index (χ2v) is 4.80. The van der Waals surface area contributed by atoms with E-state index in [-0.39, 0.29) is 6.10 Å². The predicted molar refractivity (Wildman–Crippen MR) is 79.1 cm³/mol. The van der Waals surface area contributed by atoms with Gasteiger partial charge in [-0.05, 0) is 27.2 Å². The first kappa shape index (κ1) is 15.1. The van der Waals surface area contributed by atoms with Crippen molar-refractivity contribution in [2.75, 3.05) is 11.9 Å². The first-order valence-electron chi connectivity index (χ1n) is 7.19. The van der Waals surface area contributed by atoms with Gasteiger partial charge in [-0.15, -0.1) is 5.10 Å². The molecule has 0 amide bonds. The van der Waals surface area contributed by atoms with Crippen LogP contribution in [0.3, 0.4) is 0 Å². The van der Waals surface area contributed by atoms with Crippen molar-refractivity contribution in [1.29, 1.82) is 0 Å². The van der Waals surface area contributed by atoms with E-state index in [0.29, 0.717) is 17.8 Å². The number of rotatable bonds is 7. The van der Waals surface area contributed by atoms with Gasteiger partial charge in [0.2, 0.25) is 5.95 Å². The summed E-state index contributed by atoms with van der Waals surface area (Å²) in [7, 11) is 0. The average molecular weight is 291 g/mol. The van der Waals surface area contributed by atoms with Gasteiger partial charge in [-0.1, -0.05) is 12.1 Å². The van der Waals surface area contributed by atoms with E-state index in [2.05, 4.69) is 37.5 Å². The Morgan fingerprint density at radius 2 is 2.05 bits per heavy atom. The van der Waals surface area contributed by atoms with Gasteiger partial charge in [0, 0.05) is 13.1 Å². The van der Waals surface area contributed by atoms with Crippen LogP contribution in [0.15, 0.2) is 6.20 Å². The summed E-state index contributed by atoms with van der Waals surface area (Å²) in [6, 6.07) is 0.301. The topological polar surface area (TPSA) is 90.6 Å². The van der Waals surface area contributed by atoms with Gasteiger partial charge >= 0.3 is 6.01 Å². The van der Waals surface area contributed by atoms with Crippen LogP contribution >= 0.6 is 0 Å². The van der Waals surface area contributed by atoms with Gasteiger partial charge in [0.15, 0.2) is 5.82 Å². The first-order chi connectivity index (χ1) is 10.1. The van der Waals surface area contributed by atoms with E-state index in [1.807, 2.05) is 20.8 Å². The van der Waals surface area contributed by atoms with E-state index in [1.165, 1.54) is 0 Å². The zero-order valence-corrected chi connectivity index (χ0v) is 12.9. The minimum Gasteiger partial charge on any atom is -0.461 e. The number of ether oxygens (including phenoxy) is 1. The molecule has 8 heteroatoms. The van der Waals surface area contributed by atoms with Crippen LogP contribution in [-0.2, 0) is 6.54 Å². The lowest BCUT2D eigenvalue weighted by Gasteiger charge is -2.11. The largest absolute Gasteiger partial charge is 0.461 e. The molecule has 0 fully saturated rings. The molecule has 0 aromatic carbocycles. The second-order valence-electron chi connectivity index (χ2n) is 4.80. The summed E-state index contributed by atoms with van der Waals surface area (Å²) in [6.45, 7) is 9.40. The molecule has 0 aliphatic carbocycles. The Morgan fingerprint density at radius 3 is 2.71 bits per heavy atom. The third kappa shape index (κ3) is 3.87. The van der Waals surface area contributed by atoms with Gasteiger partial charge in [0.05, 0.1) is 12.3 Å². The predicted octanol–water partition coefficient (Wildman–Crippen LogP) is 1.76. The molecule has 0 aliphatic heterocycles. The zero-order valence-electron chi connectivity index (χ0n) is 12.9. The second kappa shape index (κ2) is 6.96. The van der Waals surface area contributed by atoms with Gasteiger partial charge in [-0.25, -0.2) is 4.68 Å². The molecule has 2 aromatic heterocycles. The highest BCUT2D eigenvalue weighted by Gasteiger charge is 2.14. The summed E-state index contributed by atoms with van der Waals surface area (Å²) >= 11 is 0. The van der Waals surface area contributed by atoms with Crippen molar-refractivity contribution in [3.8, 4) is 17.5 Å². The van der Waals surface area contributed by atoms with E-state index >= 15 is 0 Å². The molecule has 0 unspecified atom stereocenters. The van der Waals surface area contributed by atoms with Crippen molar-refractivity contribution in [2.45, 2.75) is 46.8 Å². The van der Waals surface area contributed by atoms with Crippen molar-refractivity contribution in [1.82, 2.24) is 29.9 Å². The van der Waals surface area contributed by atoms with Crippen molar-refractivity contribution < 1.29 is 4.74 Å². The summed E-state index contributed by atoms with van der Waals surface area (Å²) in [6.07, 6.45) is 2.60. The van der Waals surface area contributed by atoms with Gasteiger partial charge in [-0.2, -0.15) is 15.0 Å². The summed E-state index contributed by atoms with van der Waals surface area (Å²) in [5, 5.41) is 11.1. The Bertz CT molecular complexity index is 582. The van der Waals surface area contributed by atoms with Crippen molar-refractivity contribution in [2.24, 2.45) is 0 Å². The Balaban J connectivity index is 2.40. The number of anilines is 1. The Kier molecular flexibility index (Phi) is 5.02. The number of nitrogens with zero attached hydrogens (tertiary/aromatic N) is 6. The highest BCUT2D eigenvalue weighted by Crippen LogP contribution is 2.18. The normalized spacial score (nSPS) is 10.9. The van der Waals surface area contributed by atoms with E-state index < -0.39 is 0 Å². The number of aryl methyl sites for hydroxylation is 1. The van der Waals surface area contributed by atoms with Crippen LogP contribution in [-0.4, -0.2) is 42.6 Å². The summed E-state index contributed by atoms with van der Waals surface area (Å²) in [5.74, 6) is 0.998. The summed E-state index contributed by atoms with van der Waals surface area (Å²) in [5.41, 5.74) is 0.756. The smallest absolute Gasteiger partial charge is 0.322 e. The third-order valence-corrected chi connectivity index (χ3v) is 2.57. The van der Waals surface area contributed by atoms with Gasteiger partial charge in [0.25, 0.3) is 0 Å². The van der Waals surface area contributed by atoms with Crippen molar-refractivity contribution in [3.63, 3.8) is 0 Å². The number of hydrogen-bond donors (Lipinski definition) is 1. The Morgan fingerprint density at radius 1 is 1.24 bits per heavy atom. The molecule has 0 spiro atoms. The zero-order chi connectivity index (χ0) is 15.2. The van der Waals surface area contributed by atoms with E-state index in [1.54, 1.807) is 10.9 Å². The summed E-state index contributed by atoms with van der Waals surface area (Å²) < 4.78 is 7.37. The van der Waals surface area contributed by atoms with Crippen LogP contribution in [0.5, 0.6) is 6.01 Å². The molecule has 0 aliphatic rings. The van der Waals surface area contributed by atoms with Crippen LogP contribution in [0.2, 0.25) is 0 Å². The maximum Gasteiger partial charge on any atom is 0.322 e. The monoisotopic (exact) mass is 291 g/mol. The van der Waals surface area contributed by atoms with Crippen LogP contribution in [0, 0.1) is 0 Å². The van der Waals surface area contributed by atoms with Crippen LogP contribution in [0.4, 0.5) is 5.95 Å². The molecule has 0 saturated heterocycles. The number of nitrogens with one attached hydrogen (secondary N) is 1. The third-order valence-electron chi connectivity index (χ3n) is 2.57. The minimum atomic E-state index is -0.00611. The van der Waals surface area contributed by atoms with Gasteiger partial charge in [0.1, 0.15) is 5.69 Å². The Labute approximate surface area is 124 Å². The van der Waals surface area contributed by atoms with Crippen LogP contribution < -0.4 is 10.1 Å². The highest BCUT2D eigenvalue weighted by molar-refractivity contribution is 5.50. The molecule has 114 valence electrons. The van der Waals surface area contributed by atoms with Crippen LogP contribution in [0.1, 0.15) is 34.1 Å². The molecule has 2 aromatic rings. The molecular weight excluding hydrogens is 270 g/mol. The fourth-order valence-electron chi connectivity index (χ4n) is 1.78. The standard InChI is InChI=1S/C13H21N7O/c1-5-7-20-10(8-15-19-20)11-16-12(14-6-2)18-13(17-11)21-9(3)4/h8-9H,5-7H2,1-4H3,(H,14,16,17,18). The summed E-state index contributed by atoms with van der Waals surface area (Å²) in [4.78, 5) is 13.0. The van der Waals surface area contributed by atoms with Crippen molar-refractivity contribution in [3.05, 3.63) is 6.20 Å². The maximum atomic E-state index is 5.59. The fourth-order valence-corrected chi connectivity index (χ4v) is 1.78. The van der Waals surface area contributed by atoms with E-state index in [9.17, 15) is 0 Å². The minimum absolute atomic E-state index is 0.00611. The molecular formula is C13H21N7O. The fraction of sp³-hybridized carbons (Fsp3) is 0.615. The van der Waals surface area contributed by atoms with Crippen molar-refractivity contribution >= 4 is 5.95 Å². The lowest BCUT2D eigenvalue weighted by atomic mass is 10.4. The number of hydrogen-bond acceptors (Lipinski definition) is 7. The molecule has 21 heavy (non-hydrogen) atoms. The van der Waals surface area contributed by atoms with E-state index in [0.717, 1.165) is 25.2 Å². The van der Waals surface area contributed by atoms with Gasteiger partial charge in [-0.3, -0.25) is 0 Å². The molecule has 2 rings (SSSR count). The first-order valence-corrected chi connectivity index (χ1v) is 7.19. The molecule has 2 heterocycles. The van der Waals surface area contributed by atoms with Crippen LogP contribution in [0.25, 0.3) is 11.5 Å². The molecule has 0 atom stereocenters. The quantitative estimate of drug-likeness (QED) is 0.831. The maximum absolute atomic E-state index is 5.59. The Hall–Kier alpha value is -2.25.